The predicted molar refractivity (Wildman–Crippen MR) is 110 cm³/mol. The lowest BCUT2D eigenvalue weighted by molar-refractivity contribution is 0.101. The molecule has 0 spiro atoms. The average molecular weight is 388 g/mol. The van der Waals surface area contributed by atoms with Gasteiger partial charge in [-0.1, -0.05) is 6.07 Å². The maximum absolute atomic E-state index is 12.5. The van der Waals surface area contributed by atoms with Gasteiger partial charge in [-0.25, -0.2) is 9.97 Å². The molecule has 1 amide bonds. The molecule has 0 saturated heterocycles. The summed E-state index contributed by atoms with van der Waals surface area (Å²) in [6, 6.07) is 11.3. The summed E-state index contributed by atoms with van der Waals surface area (Å²) >= 11 is 0. The number of carbonyl (C=O) groups is 1. The van der Waals surface area contributed by atoms with Crippen molar-refractivity contribution in [3.05, 3.63) is 65.6 Å². The molecule has 0 atom stereocenters. The molecule has 1 aromatic carbocycles. The molecule has 0 bridgehead atoms. The van der Waals surface area contributed by atoms with Crippen molar-refractivity contribution in [3.63, 3.8) is 0 Å². The van der Waals surface area contributed by atoms with Crippen molar-refractivity contribution in [2.75, 3.05) is 10.6 Å². The van der Waals surface area contributed by atoms with E-state index in [1.807, 2.05) is 26.0 Å². The van der Waals surface area contributed by atoms with Crippen LogP contribution in [0.1, 0.15) is 21.6 Å². The van der Waals surface area contributed by atoms with Crippen LogP contribution in [-0.2, 0) is 7.05 Å². The van der Waals surface area contributed by atoms with Crippen LogP contribution in [0.2, 0.25) is 0 Å². The van der Waals surface area contributed by atoms with Crippen LogP contribution < -0.4 is 10.6 Å². The van der Waals surface area contributed by atoms with Crippen LogP contribution in [0, 0.1) is 13.8 Å². The van der Waals surface area contributed by atoms with E-state index < -0.39 is 0 Å². The molecule has 4 aromatic rings. The van der Waals surface area contributed by atoms with Crippen LogP contribution in [-0.4, -0.2) is 35.9 Å². The predicted octanol–water partition coefficient (Wildman–Crippen LogP) is 3.21. The van der Waals surface area contributed by atoms with Crippen LogP contribution in [0.25, 0.3) is 11.4 Å². The largest absolute Gasteiger partial charge is 0.324 e. The van der Waals surface area contributed by atoms with Crippen LogP contribution in [0.15, 0.2) is 48.8 Å². The Morgan fingerprint density at radius 3 is 2.55 bits per heavy atom. The Bertz CT molecular complexity index is 1140. The third kappa shape index (κ3) is 4.13. The molecule has 3 aromatic heterocycles. The Kier molecular flexibility index (Phi) is 4.78. The summed E-state index contributed by atoms with van der Waals surface area (Å²) in [6.45, 7) is 4.08. The van der Waals surface area contributed by atoms with Gasteiger partial charge in [-0.05, 0) is 49.2 Å². The number of nitrogens with zero attached hydrogens (tertiary/aromatic N) is 5. The van der Waals surface area contributed by atoms with Gasteiger partial charge in [0.2, 0.25) is 5.95 Å². The number of anilines is 3. The lowest BCUT2D eigenvalue weighted by atomic mass is 10.1. The summed E-state index contributed by atoms with van der Waals surface area (Å²) in [4.78, 5) is 21.3. The molecule has 0 aliphatic heterocycles. The van der Waals surface area contributed by atoms with Gasteiger partial charge in [-0.3, -0.25) is 14.6 Å². The van der Waals surface area contributed by atoms with Gasteiger partial charge in [0.15, 0.2) is 0 Å². The summed E-state index contributed by atoms with van der Waals surface area (Å²) in [5.41, 5.74) is 4.82. The minimum absolute atomic E-state index is 0.293. The fourth-order valence-electron chi connectivity index (χ4n) is 3.05. The molecule has 9 nitrogen and oxygen atoms in total. The maximum Gasteiger partial charge on any atom is 0.275 e. The minimum atomic E-state index is -0.293. The highest BCUT2D eigenvalue weighted by molar-refractivity contribution is 6.03. The topological polar surface area (TPSA) is 113 Å². The molecule has 9 heteroatoms. The number of carbonyl (C=O) groups excluding carboxylic acids is 1. The maximum atomic E-state index is 12.5. The van der Waals surface area contributed by atoms with Crippen molar-refractivity contribution in [3.8, 4) is 11.4 Å². The quantitative estimate of drug-likeness (QED) is 0.484. The first kappa shape index (κ1) is 18.4. The smallest absolute Gasteiger partial charge is 0.275 e. The van der Waals surface area contributed by atoms with Gasteiger partial charge in [0.25, 0.3) is 5.91 Å². The third-order valence-electron chi connectivity index (χ3n) is 4.26. The number of benzene rings is 1. The van der Waals surface area contributed by atoms with Crippen molar-refractivity contribution in [2.24, 2.45) is 7.05 Å². The Hall–Kier alpha value is -4.01. The van der Waals surface area contributed by atoms with E-state index in [0.29, 0.717) is 28.8 Å². The zero-order chi connectivity index (χ0) is 20.4. The summed E-state index contributed by atoms with van der Waals surface area (Å²) in [5.74, 6) is 0.680. The molecule has 0 unspecified atom stereocenters. The van der Waals surface area contributed by atoms with E-state index in [1.165, 1.54) is 4.68 Å². The zero-order valence-corrected chi connectivity index (χ0v) is 16.3. The number of hydrogen-bond acceptors (Lipinski definition) is 6. The molecule has 0 fully saturated rings. The van der Waals surface area contributed by atoms with Crippen molar-refractivity contribution < 1.29 is 4.79 Å². The SMILES string of the molecule is Cc1cc(C)cc(Nc2nccc(-c3cc(C(=O)Nc4ccn[nH]4)n(C)n3)n2)c1. The van der Waals surface area contributed by atoms with Crippen LogP contribution in [0.5, 0.6) is 0 Å². The number of H-pyrrole nitrogens is 1. The first-order valence-electron chi connectivity index (χ1n) is 9.01. The van der Waals surface area contributed by atoms with Gasteiger partial charge in [0.05, 0.1) is 11.9 Å². The third-order valence-corrected chi connectivity index (χ3v) is 4.26. The van der Waals surface area contributed by atoms with E-state index in [-0.39, 0.29) is 5.91 Å². The van der Waals surface area contributed by atoms with E-state index in [0.717, 1.165) is 16.8 Å². The second-order valence-electron chi connectivity index (χ2n) is 6.73. The fraction of sp³-hybridized carbons (Fsp3) is 0.150. The number of aromatic amines is 1. The van der Waals surface area contributed by atoms with Gasteiger partial charge >= 0.3 is 0 Å². The number of amides is 1. The second-order valence-corrected chi connectivity index (χ2v) is 6.73. The van der Waals surface area contributed by atoms with Crippen molar-refractivity contribution >= 4 is 23.4 Å². The first-order valence-corrected chi connectivity index (χ1v) is 9.01. The average Bonchev–Trinajstić information content (AvgIpc) is 3.30. The molecule has 4 rings (SSSR count). The molecular weight excluding hydrogens is 368 g/mol. The van der Waals surface area contributed by atoms with E-state index in [2.05, 4.69) is 42.0 Å². The molecule has 3 heterocycles. The number of aromatic nitrogens is 6. The number of hydrogen-bond donors (Lipinski definition) is 3. The van der Waals surface area contributed by atoms with Gasteiger partial charge in [0.1, 0.15) is 17.2 Å². The fourth-order valence-corrected chi connectivity index (χ4v) is 3.05. The van der Waals surface area contributed by atoms with Crippen molar-refractivity contribution in [2.45, 2.75) is 13.8 Å². The van der Waals surface area contributed by atoms with Crippen LogP contribution in [0.4, 0.5) is 17.5 Å². The lowest BCUT2D eigenvalue weighted by Gasteiger charge is -2.07. The van der Waals surface area contributed by atoms with E-state index in [9.17, 15) is 4.79 Å². The normalized spacial score (nSPS) is 10.7. The molecule has 29 heavy (non-hydrogen) atoms. The Morgan fingerprint density at radius 1 is 1.03 bits per heavy atom. The number of rotatable bonds is 5. The molecule has 3 N–H and O–H groups in total. The number of nitrogens with one attached hydrogen (secondary N) is 3. The minimum Gasteiger partial charge on any atom is -0.324 e. The molecule has 0 aliphatic rings. The zero-order valence-electron chi connectivity index (χ0n) is 16.3. The van der Waals surface area contributed by atoms with Gasteiger partial charge in [-0.2, -0.15) is 10.2 Å². The Morgan fingerprint density at radius 2 is 1.83 bits per heavy atom. The summed E-state index contributed by atoms with van der Waals surface area (Å²) in [7, 11) is 1.71. The highest BCUT2D eigenvalue weighted by Gasteiger charge is 2.16. The van der Waals surface area contributed by atoms with Gasteiger partial charge < -0.3 is 10.6 Å². The summed E-state index contributed by atoms with van der Waals surface area (Å²) in [6.07, 6.45) is 3.22. The number of aryl methyl sites for hydroxylation is 3. The lowest BCUT2D eigenvalue weighted by Crippen LogP contribution is -2.16. The first-order chi connectivity index (χ1) is 14.0. The van der Waals surface area contributed by atoms with Crippen molar-refractivity contribution in [1.29, 1.82) is 0 Å². The molecule has 146 valence electrons. The monoisotopic (exact) mass is 388 g/mol. The summed E-state index contributed by atoms with van der Waals surface area (Å²) in [5, 5.41) is 16.9. The van der Waals surface area contributed by atoms with E-state index in [4.69, 9.17) is 0 Å². The highest BCUT2D eigenvalue weighted by Crippen LogP contribution is 2.21. The Balaban J connectivity index is 1.57. The van der Waals surface area contributed by atoms with Crippen LogP contribution in [0.3, 0.4) is 0 Å². The van der Waals surface area contributed by atoms with Gasteiger partial charge in [0, 0.05) is 25.0 Å². The van der Waals surface area contributed by atoms with Crippen LogP contribution >= 0.6 is 0 Å². The second kappa shape index (κ2) is 7.55. The van der Waals surface area contributed by atoms with E-state index in [1.54, 1.807) is 37.6 Å². The van der Waals surface area contributed by atoms with Gasteiger partial charge in [-0.15, -0.1) is 0 Å². The molecular formula is C20H20N8O. The summed E-state index contributed by atoms with van der Waals surface area (Å²) < 4.78 is 1.51. The highest BCUT2D eigenvalue weighted by atomic mass is 16.2. The standard InChI is InChI=1S/C20H20N8O/c1-12-8-13(2)10-14(9-12)23-20-21-6-4-15(24-20)16-11-17(28(3)27-16)19(29)25-18-5-7-22-26-18/h4-11H,1-3H3,(H,21,23,24)(H2,22,25,26,29). The molecule has 0 saturated carbocycles. The molecule has 0 radical (unpaired) electrons. The van der Waals surface area contributed by atoms with Crippen molar-refractivity contribution in [1.82, 2.24) is 29.9 Å². The van der Waals surface area contributed by atoms with E-state index >= 15 is 0 Å². The Labute approximate surface area is 167 Å². The molecule has 0 aliphatic carbocycles.